The van der Waals surface area contributed by atoms with E-state index >= 15 is 0 Å². The van der Waals surface area contributed by atoms with E-state index in [-0.39, 0.29) is 24.1 Å². The Hall–Kier alpha value is -3.32. The van der Waals surface area contributed by atoms with Crippen LogP contribution in [0.3, 0.4) is 0 Å². The Kier molecular flexibility index (Phi) is 7.08. The molecular formula is C23H26N2O5. The van der Waals surface area contributed by atoms with Gasteiger partial charge in [-0.15, -0.1) is 0 Å². The Morgan fingerprint density at radius 1 is 0.967 bits per heavy atom. The van der Waals surface area contributed by atoms with Crippen molar-refractivity contribution in [2.75, 3.05) is 39.3 Å². The molecule has 0 unspecified atom stereocenters. The van der Waals surface area contributed by atoms with E-state index in [1.165, 1.54) is 4.90 Å². The van der Waals surface area contributed by atoms with Gasteiger partial charge >= 0.3 is 0 Å². The number of nitrogens with zero attached hydrogens (tertiary/aromatic N) is 1. The van der Waals surface area contributed by atoms with Crippen LogP contribution in [-0.4, -0.2) is 50.7 Å². The molecule has 0 fully saturated rings. The molecule has 0 aliphatic carbocycles. The van der Waals surface area contributed by atoms with E-state index in [0.717, 1.165) is 0 Å². The quantitative estimate of drug-likeness (QED) is 0.478. The zero-order chi connectivity index (χ0) is 21.5. The van der Waals surface area contributed by atoms with Gasteiger partial charge in [0.05, 0.1) is 25.5 Å². The Labute approximate surface area is 176 Å². The highest BCUT2D eigenvalue weighted by Gasteiger charge is 2.39. The fraction of sp³-hybridized carbons (Fsp3) is 0.304. The van der Waals surface area contributed by atoms with Crippen molar-refractivity contribution in [1.82, 2.24) is 4.90 Å². The molecule has 158 valence electrons. The maximum atomic E-state index is 13.2. The van der Waals surface area contributed by atoms with E-state index in [1.54, 1.807) is 32.4 Å². The number of ether oxygens (including phenoxy) is 3. The second kappa shape index (κ2) is 9.93. The molecule has 1 N–H and O–H groups in total. The molecule has 0 atom stereocenters. The lowest BCUT2D eigenvalue weighted by molar-refractivity contribution is -0.137. The minimum Gasteiger partial charge on any atom is -0.497 e. The van der Waals surface area contributed by atoms with Gasteiger partial charge in [0, 0.05) is 25.8 Å². The second-order valence-electron chi connectivity index (χ2n) is 6.62. The van der Waals surface area contributed by atoms with Crippen LogP contribution in [0, 0.1) is 0 Å². The SMILES string of the molecule is CCOCCCN1C(=O)C(Nc2cc(OC)ccc2OC)=C(c2ccccc2)C1=O. The number of imide groups is 1. The standard InChI is InChI=1S/C23H26N2O5/c1-4-30-14-8-13-25-22(26)20(16-9-6-5-7-10-16)21(23(25)27)24-18-15-17(28-2)11-12-19(18)29-3/h5-7,9-12,15,24H,4,8,13-14H2,1-3H3. The summed E-state index contributed by atoms with van der Waals surface area (Å²) in [6.45, 7) is 3.28. The largest absolute Gasteiger partial charge is 0.497 e. The van der Waals surface area contributed by atoms with Crippen LogP contribution < -0.4 is 14.8 Å². The molecule has 1 heterocycles. The van der Waals surface area contributed by atoms with Crippen LogP contribution in [0.25, 0.3) is 5.57 Å². The van der Waals surface area contributed by atoms with Crippen LogP contribution in [0.15, 0.2) is 54.2 Å². The minimum atomic E-state index is -0.375. The highest BCUT2D eigenvalue weighted by Crippen LogP contribution is 2.35. The van der Waals surface area contributed by atoms with Crippen LogP contribution in [-0.2, 0) is 14.3 Å². The van der Waals surface area contributed by atoms with Gasteiger partial charge < -0.3 is 19.5 Å². The Bertz CT molecular complexity index is 940. The summed E-state index contributed by atoms with van der Waals surface area (Å²) in [6, 6.07) is 14.4. The number of carbonyl (C=O) groups is 2. The lowest BCUT2D eigenvalue weighted by Crippen LogP contribution is -2.34. The predicted octanol–water partition coefficient (Wildman–Crippen LogP) is 3.32. The lowest BCUT2D eigenvalue weighted by Gasteiger charge is -2.16. The third-order valence-corrected chi connectivity index (χ3v) is 4.77. The molecule has 0 radical (unpaired) electrons. The van der Waals surface area contributed by atoms with Gasteiger partial charge in [0.15, 0.2) is 0 Å². The van der Waals surface area contributed by atoms with Gasteiger partial charge in [-0.3, -0.25) is 14.5 Å². The summed E-state index contributed by atoms with van der Waals surface area (Å²) in [5.41, 5.74) is 1.76. The molecular weight excluding hydrogens is 384 g/mol. The monoisotopic (exact) mass is 410 g/mol. The smallest absolute Gasteiger partial charge is 0.278 e. The van der Waals surface area contributed by atoms with E-state index < -0.39 is 0 Å². The molecule has 3 rings (SSSR count). The summed E-state index contributed by atoms with van der Waals surface area (Å²) in [6.07, 6.45) is 0.573. The van der Waals surface area contributed by atoms with Gasteiger partial charge in [0.1, 0.15) is 17.2 Å². The first-order chi connectivity index (χ1) is 14.6. The maximum absolute atomic E-state index is 13.2. The predicted molar refractivity (Wildman–Crippen MR) is 114 cm³/mol. The van der Waals surface area contributed by atoms with Crippen molar-refractivity contribution in [3.8, 4) is 11.5 Å². The summed E-state index contributed by atoms with van der Waals surface area (Å²) >= 11 is 0. The van der Waals surface area contributed by atoms with Crippen LogP contribution in [0.2, 0.25) is 0 Å². The number of carbonyl (C=O) groups excluding carboxylic acids is 2. The molecule has 2 aromatic rings. The number of nitrogens with one attached hydrogen (secondary N) is 1. The molecule has 2 aromatic carbocycles. The molecule has 7 nitrogen and oxygen atoms in total. The van der Waals surface area contributed by atoms with Crippen molar-refractivity contribution in [2.24, 2.45) is 0 Å². The molecule has 0 spiro atoms. The number of anilines is 1. The first-order valence-electron chi connectivity index (χ1n) is 9.83. The first-order valence-corrected chi connectivity index (χ1v) is 9.83. The van der Waals surface area contributed by atoms with Crippen molar-refractivity contribution in [1.29, 1.82) is 0 Å². The highest BCUT2D eigenvalue weighted by atomic mass is 16.5. The molecule has 1 aliphatic rings. The number of rotatable bonds is 10. The first kappa shape index (κ1) is 21.4. The summed E-state index contributed by atoms with van der Waals surface area (Å²) in [4.78, 5) is 27.6. The fourth-order valence-electron chi connectivity index (χ4n) is 3.28. The van der Waals surface area contributed by atoms with E-state index in [2.05, 4.69) is 5.32 Å². The average molecular weight is 410 g/mol. The topological polar surface area (TPSA) is 77.1 Å². The maximum Gasteiger partial charge on any atom is 0.278 e. The minimum absolute atomic E-state index is 0.217. The number of methoxy groups -OCH3 is 2. The zero-order valence-electron chi connectivity index (χ0n) is 17.4. The second-order valence-corrected chi connectivity index (χ2v) is 6.62. The average Bonchev–Trinajstić information content (AvgIpc) is 3.01. The molecule has 7 heteroatoms. The zero-order valence-corrected chi connectivity index (χ0v) is 17.4. The van der Waals surface area contributed by atoms with Crippen molar-refractivity contribution < 1.29 is 23.8 Å². The Balaban J connectivity index is 1.98. The molecule has 0 aromatic heterocycles. The molecule has 0 saturated carbocycles. The summed E-state index contributed by atoms with van der Waals surface area (Å²) in [5, 5.41) is 3.13. The lowest BCUT2D eigenvalue weighted by atomic mass is 10.0. The van der Waals surface area contributed by atoms with Crippen molar-refractivity contribution in [3.63, 3.8) is 0 Å². The number of amides is 2. The number of hydrogen-bond donors (Lipinski definition) is 1. The van der Waals surface area contributed by atoms with E-state index in [9.17, 15) is 9.59 Å². The van der Waals surface area contributed by atoms with Crippen LogP contribution in [0.1, 0.15) is 18.9 Å². The summed E-state index contributed by atoms with van der Waals surface area (Å²) in [7, 11) is 3.10. The van der Waals surface area contributed by atoms with Gasteiger partial charge in [0.25, 0.3) is 11.8 Å². The fourth-order valence-corrected chi connectivity index (χ4v) is 3.28. The summed E-state index contributed by atoms with van der Waals surface area (Å²) in [5.74, 6) is 0.434. The van der Waals surface area contributed by atoms with E-state index in [4.69, 9.17) is 14.2 Å². The van der Waals surface area contributed by atoms with E-state index in [0.29, 0.717) is 48.0 Å². The van der Waals surface area contributed by atoms with Crippen LogP contribution in [0.4, 0.5) is 5.69 Å². The van der Waals surface area contributed by atoms with Gasteiger partial charge in [-0.05, 0) is 31.0 Å². The van der Waals surface area contributed by atoms with Crippen molar-refractivity contribution in [2.45, 2.75) is 13.3 Å². The van der Waals surface area contributed by atoms with Gasteiger partial charge in [0.2, 0.25) is 0 Å². The normalized spacial score (nSPS) is 13.8. The van der Waals surface area contributed by atoms with Crippen molar-refractivity contribution in [3.05, 3.63) is 59.8 Å². The van der Waals surface area contributed by atoms with Crippen LogP contribution in [0.5, 0.6) is 11.5 Å². The third kappa shape index (κ3) is 4.46. The molecule has 0 saturated heterocycles. The van der Waals surface area contributed by atoms with Gasteiger partial charge in [-0.1, -0.05) is 30.3 Å². The van der Waals surface area contributed by atoms with Crippen molar-refractivity contribution >= 4 is 23.1 Å². The number of benzene rings is 2. The Morgan fingerprint density at radius 3 is 2.40 bits per heavy atom. The number of hydrogen-bond acceptors (Lipinski definition) is 6. The molecule has 0 bridgehead atoms. The van der Waals surface area contributed by atoms with E-state index in [1.807, 2.05) is 37.3 Å². The van der Waals surface area contributed by atoms with Crippen LogP contribution >= 0.6 is 0 Å². The third-order valence-electron chi connectivity index (χ3n) is 4.77. The molecule has 30 heavy (non-hydrogen) atoms. The van der Waals surface area contributed by atoms with Gasteiger partial charge in [-0.25, -0.2) is 0 Å². The van der Waals surface area contributed by atoms with Gasteiger partial charge in [-0.2, -0.15) is 0 Å². The Morgan fingerprint density at radius 2 is 1.73 bits per heavy atom. The highest BCUT2D eigenvalue weighted by molar-refractivity contribution is 6.36. The molecule has 1 aliphatic heterocycles. The summed E-state index contributed by atoms with van der Waals surface area (Å²) < 4.78 is 16.0. The molecule has 2 amide bonds.